The molecule has 1 aromatic carbocycles. The normalized spacial score (nSPS) is 12.0. The largest absolute Gasteiger partial charge is 0.508 e. The van der Waals surface area contributed by atoms with Crippen LogP contribution in [0.3, 0.4) is 0 Å². The van der Waals surface area contributed by atoms with E-state index >= 15 is 0 Å². The first-order valence-electron chi connectivity index (χ1n) is 7.26. The van der Waals surface area contributed by atoms with Gasteiger partial charge in [-0.1, -0.05) is 6.92 Å². The summed E-state index contributed by atoms with van der Waals surface area (Å²) in [5.74, 6) is -0.226. The average Bonchev–Trinajstić information content (AvgIpc) is 2.88. The SMILES string of the molecule is CCN(CCCNC(=O)c1coc2cc(O)ccc12)S(C)(=O)=O. The second-order valence-corrected chi connectivity index (χ2v) is 7.18. The summed E-state index contributed by atoms with van der Waals surface area (Å²) < 4.78 is 29.5. The molecule has 0 bridgehead atoms. The van der Waals surface area contributed by atoms with E-state index in [0.29, 0.717) is 42.6 Å². The number of aromatic hydroxyl groups is 1. The maximum atomic E-state index is 12.2. The van der Waals surface area contributed by atoms with Gasteiger partial charge in [-0.05, 0) is 18.6 Å². The van der Waals surface area contributed by atoms with Gasteiger partial charge in [0.05, 0.1) is 11.8 Å². The molecule has 0 aliphatic carbocycles. The van der Waals surface area contributed by atoms with Crippen LogP contribution in [0, 0.1) is 0 Å². The number of benzene rings is 1. The molecule has 0 unspecified atom stereocenters. The lowest BCUT2D eigenvalue weighted by Gasteiger charge is -2.17. The molecule has 2 N–H and O–H groups in total. The number of amides is 1. The van der Waals surface area contributed by atoms with E-state index < -0.39 is 10.0 Å². The Kier molecular flexibility index (Phi) is 5.27. The highest BCUT2D eigenvalue weighted by atomic mass is 32.2. The number of phenolic OH excluding ortho intramolecular Hbond substituents is 1. The molecule has 2 aromatic rings. The van der Waals surface area contributed by atoms with Crippen LogP contribution in [0.2, 0.25) is 0 Å². The van der Waals surface area contributed by atoms with E-state index in [0.717, 1.165) is 0 Å². The fraction of sp³-hybridized carbons (Fsp3) is 0.400. The number of hydrogen-bond acceptors (Lipinski definition) is 5. The van der Waals surface area contributed by atoms with Crippen LogP contribution in [0.15, 0.2) is 28.9 Å². The molecule has 126 valence electrons. The van der Waals surface area contributed by atoms with E-state index in [9.17, 15) is 18.3 Å². The zero-order valence-electron chi connectivity index (χ0n) is 13.1. The smallest absolute Gasteiger partial charge is 0.255 e. The standard InChI is InChI=1S/C15H20N2O5S/c1-3-17(23(2,20)21)8-4-7-16-15(19)13-10-22-14-9-11(18)5-6-12(13)14/h5-6,9-10,18H,3-4,7-8H2,1-2H3,(H,16,19). The number of carbonyl (C=O) groups is 1. The molecule has 0 atom stereocenters. The first-order valence-corrected chi connectivity index (χ1v) is 9.11. The minimum atomic E-state index is -3.21. The van der Waals surface area contributed by atoms with Gasteiger partial charge in [0.1, 0.15) is 17.6 Å². The van der Waals surface area contributed by atoms with Gasteiger partial charge in [0, 0.05) is 31.1 Å². The van der Waals surface area contributed by atoms with E-state index in [1.54, 1.807) is 13.0 Å². The molecule has 0 aliphatic heterocycles. The van der Waals surface area contributed by atoms with Gasteiger partial charge in [0.2, 0.25) is 10.0 Å². The Morgan fingerprint density at radius 2 is 2.13 bits per heavy atom. The molecule has 1 heterocycles. The zero-order valence-corrected chi connectivity index (χ0v) is 13.9. The summed E-state index contributed by atoms with van der Waals surface area (Å²) in [4.78, 5) is 12.2. The number of sulfonamides is 1. The second kappa shape index (κ2) is 7.01. The van der Waals surface area contributed by atoms with Crippen molar-refractivity contribution in [3.8, 4) is 5.75 Å². The minimum Gasteiger partial charge on any atom is -0.508 e. The van der Waals surface area contributed by atoms with Crippen molar-refractivity contribution in [1.29, 1.82) is 0 Å². The molecule has 8 heteroatoms. The van der Waals surface area contributed by atoms with Gasteiger partial charge in [0.15, 0.2) is 0 Å². The quantitative estimate of drug-likeness (QED) is 0.745. The Balaban J connectivity index is 1.92. The lowest BCUT2D eigenvalue weighted by atomic mass is 10.1. The summed E-state index contributed by atoms with van der Waals surface area (Å²) in [5, 5.41) is 12.7. The molecule has 0 saturated carbocycles. The molecule has 0 aliphatic rings. The minimum absolute atomic E-state index is 0.0687. The summed E-state index contributed by atoms with van der Waals surface area (Å²) in [7, 11) is -3.21. The van der Waals surface area contributed by atoms with Gasteiger partial charge in [-0.2, -0.15) is 0 Å². The van der Waals surface area contributed by atoms with Gasteiger partial charge >= 0.3 is 0 Å². The number of nitrogens with one attached hydrogen (secondary N) is 1. The molecule has 2 rings (SSSR count). The predicted octanol–water partition coefficient (Wildman–Crippen LogP) is 1.54. The lowest BCUT2D eigenvalue weighted by molar-refractivity contribution is 0.0953. The summed E-state index contributed by atoms with van der Waals surface area (Å²) in [6, 6.07) is 4.54. The van der Waals surface area contributed by atoms with Crippen LogP contribution in [-0.4, -0.2) is 49.6 Å². The highest BCUT2D eigenvalue weighted by molar-refractivity contribution is 7.88. The van der Waals surface area contributed by atoms with Crippen LogP contribution in [0.4, 0.5) is 0 Å². The number of hydrogen-bond donors (Lipinski definition) is 2. The van der Waals surface area contributed by atoms with Crippen LogP contribution < -0.4 is 5.32 Å². The Labute approximate surface area is 134 Å². The summed E-state index contributed by atoms with van der Waals surface area (Å²) in [6.07, 6.45) is 3.03. The van der Waals surface area contributed by atoms with Crippen LogP contribution in [-0.2, 0) is 10.0 Å². The molecule has 1 amide bonds. The third kappa shape index (κ3) is 4.23. The molecule has 0 spiro atoms. The molecule has 0 radical (unpaired) electrons. The first kappa shape index (κ1) is 17.3. The number of carbonyl (C=O) groups excluding carboxylic acids is 1. The number of nitrogens with zero attached hydrogens (tertiary/aromatic N) is 1. The van der Waals surface area contributed by atoms with Crippen LogP contribution in [0.25, 0.3) is 11.0 Å². The second-order valence-electron chi connectivity index (χ2n) is 5.19. The summed E-state index contributed by atoms with van der Waals surface area (Å²) >= 11 is 0. The van der Waals surface area contributed by atoms with Crippen molar-refractivity contribution < 1.29 is 22.7 Å². The van der Waals surface area contributed by atoms with Crippen molar-refractivity contribution in [3.05, 3.63) is 30.0 Å². The maximum Gasteiger partial charge on any atom is 0.255 e. The van der Waals surface area contributed by atoms with Crippen molar-refractivity contribution in [2.24, 2.45) is 0 Å². The molecule has 0 fully saturated rings. The highest BCUT2D eigenvalue weighted by Crippen LogP contribution is 2.24. The topological polar surface area (TPSA) is 99.8 Å². The van der Waals surface area contributed by atoms with E-state index in [4.69, 9.17) is 4.42 Å². The van der Waals surface area contributed by atoms with Crippen molar-refractivity contribution in [2.75, 3.05) is 25.9 Å². The molecule has 23 heavy (non-hydrogen) atoms. The van der Waals surface area contributed by atoms with Crippen LogP contribution >= 0.6 is 0 Å². The van der Waals surface area contributed by atoms with Gasteiger partial charge in [-0.25, -0.2) is 12.7 Å². The first-order chi connectivity index (χ1) is 10.8. The Morgan fingerprint density at radius 1 is 1.39 bits per heavy atom. The number of rotatable bonds is 7. The van der Waals surface area contributed by atoms with Gasteiger partial charge < -0.3 is 14.8 Å². The van der Waals surface area contributed by atoms with Gasteiger partial charge in [-0.3, -0.25) is 4.79 Å². The van der Waals surface area contributed by atoms with E-state index in [1.807, 2.05) is 0 Å². The molecular weight excluding hydrogens is 320 g/mol. The van der Waals surface area contributed by atoms with Gasteiger partial charge in [-0.15, -0.1) is 0 Å². The molecular formula is C15H20N2O5S. The average molecular weight is 340 g/mol. The third-order valence-corrected chi connectivity index (χ3v) is 4.87. The van der Waals surface area contributed by atoms with Crippen molar-refractivity contribution in [1.82, 2.24) is 9.62 Å². The van der Waals surface area contributed by atoms with E-state index in [2.05, 4.69) is 5.32 Å². The van der Waals surface area contributed by atoms with Crippen molar-refractivity contribution in [3.63, 3.8) is 0 Å². The maximum absolute atomic E-state index is 12.2. The monoisotopic (exact) mass is 340 g/mol. The van der Waals surface area contributed by atoms with Crippen LogP contribution in [0.1, 0.15) is 23.7 Å². The van der Waals surface area contributed by atoms with E-state index in [1.165, 1.54) is 29.0 Å². The zero-order chi connectivity index (χ0) is 17.0. The lowest BCUT2D eigenvalue weighted by Crippen LogP contribution is -2.33. The highest BCUT2D eigenvalue weighted by Gasteiger charge is 2.15. The van der Waals surface area contributed by atoms with E-state index in [-0.39, 0.29) is 11.7 Å². The Bertz CT molecular complexity index is 797. The van der Waals surface area contributed by atoms with Crippen molar-refractivity contribution in [2.45, 2.75) is 13.3 Å². The fourth-order valence-corrected chi connectivity index (χ4v) is 3.23. The van der Waals surface area contributed by atoms with Gasteiger partial charge in [0.25, 0.3) is 5.91 Å². The van der Waals surface area contributed by atoms with Crippen LogP contribution in [0.5, 0.6) is 5.75 Å². The third-order valence-electron chi connectivity index (χ3n) is 3.50. The summed E-state index contributed by atoms with van der Waals surface area (Å²) in [6.45, 7) is 2.89. The number of fused-ring (bicyclic) bond motifs is 1. The number of phenols is 1. The molecule has 7 nitrogen and oxygen atoms in total. The van der Waals surface area contributed by atoms with Crippen molar-refractivity contribution >= 4 is 26.9 Å². The summed E-state index contributed by atoms with van der Waals surface area (Å²) in [5.41, 5.74) is 0.819. The molecule has 1 aromatic heterocycles. The predicted molar refractivity (Wildman–Crippen MR) is 86.9 cm³/mol. The Hall–Kier alpha value is -2.06. The fourth-order valence-electron chi connectivity index (χ4n) is 2.30. The number of furan rings is 1. The molecule has 0 saturated heterocycles. The Morgan fingerprint density at radius 3 is 2.78 bits per heavy atom.